The summed E-state index contributed by atoms with van der Waals surface area (Å²) >= 11 is 1.85. The largest absolute Gasteiger partial charge is 0.330 e. The molecule has 0 atom stereocenters. The van der Waals surface area contributed by atoms with Gasteiger partial charge < -0.3 is 5.73 Å². The molecule has 0 aliphatic heterocycles. The van der Waals surface area contributed by atoms with Gasteiger partial charge in [-0.1, -0.05) is 18.2 Å². The molecule has 0 amide bonds. The smallest absolute Gasteiger partial charge is 0.0345 e. The zero-order valence-electron chi connectivity index (χ0n) is 8.70. The lowest BCUT2D eigenvalue weighted by atomic mass is 9.96. The predicted molar refractivity (Wildman–Crippen MR) is 66.3 cm³/mol. The predicted octanol–water partition coefficient (Wildman–Crippen LogP) is 3.18. The number of hydrogen-bond donors (Lipinski definition) is 1. The molecular weight excluding hydrogens is 202 g/mol. The van der Waals surface area contributed by atoms with E-state index in [2.05, 4.69) is 29.6 Å². The Morgan fingerprint density at radius 1 is 1.27 bits per heavy atom. The van der Waals surface area contributed by atoms with E-state index in [0.29, 0.717) is 5.41 Å². The molecule has 2 aromatic rings. The Labute approximate surface area is 93.9 Å². The first-order valence-electron chi connectivity index (χ1n) is 5.48. The van der Waals surface area contributed by atoms with Gasteiger partial charge >= 0.3 is 0 Å². The molecule has 1 nitrogen and oxygen atoms in total. The van der Waals surface area contributed by atoms with Crippen LogP contribution < -0.4 is 5.73 Å². The van der Waals surface area contributed by atoms with E-state index < -0.39 is 0 Å². The number of benzene rings is 1. The van der Waals surface area contributed by atoms with Crippen LogP contribution in [0, 0.1) is 5.41 Å². The van der Waals surface area contributed by atoms with Crippen LogP contribution in [0.25, 0.3) is 10.1 Å². The molecule has 1 aromatic heterocycles. The van der Waals surface area contributed by atoms with Gasteiger partial charge in [-0.3, -0.25) is 0 Å². The van der Waals surface area contributed by atoms with Crippen molar-refractivity contribution in [2.75, 3.05) is 6.54 Å². The summed E-state index contributed by atoms with van der Waals surface area (Å²) in [6, 6.07) is 8.66. The highest BCUT2D eigenvalue weighted by molar-refractivity contribution is 7.17. The minimum absolute atomic E-state index is 0.448. The van der Waals surface area contributed by atoms with Crippen molar-refractivity contribution < 1.29 is 0 Å². The van der Waals surface area contributed by atoms with Gasteiger partial charge in [-0.15, -0.1) is 11.3 Å². The van der Waals surface area contributed by atoms with E-state index in [-0.39, 0.29) is 0 Å². The van der Waals surface area contributed by atoms with Crippen molar-refractivity contribution in [2.24, 2.45) is 11.1 Å². The van der Waals surface area contributed by atoms with E-state index in [1.54, 1.807) is 0 Å². The molecule has 1 fully saturated rings. The van der Waals surface area contributed by atoms with Crippen LogP contribution in [0.2, 0.25) is 0 Å². The molecule has 0 unspecified atom stereocenters. The van der Waals surface area contributed by atoms with Gasteiger partial charge in [0.05, 0.1) is 0 Å². The van der Waals surface area contributed by atoms with Crippen LogP contribution in [-0.2, 0) is 6.42 Å². The van der Waals surface area contributed by atoms with E-state index in [9.17, 15) is 0 Å². The lowest BCUT2D eigenvalue weighted by molar-refractivity contribution is 0.523. The van der Waals surface area contributed by atoms with Gasteiger partial charge in [0.25, 0.3) is 0 Å². The van der Waals surface area contributed by atoms with Crippen LogP contribution in [0.15, 0.2) is 29.6 Å². The molecule has 1 aliphatic rings. The van der Waals surface area contributed by atoms with Crippen molar-refractivity contribution in [3.63, 3.8) is 0 Å². The second-order valence-corrected chi connectivity index (χ2v) is 5.55. The summed E-state index contributed by atoms with van der Waals surface area (Å²) in [6.07, 6.45) is 3.80. The molecular formula is C13H15NS. The van der Waals surface area contributed by atoms with Gasteiger partial charge in [0.1, 0.15) is 0 Å². The summed E-state index contributed by atoms with van der Waals surface area (Å²) in [6.45, 7) is 0.844. The third kappa shape index (κ3) is 1.58. The molecule has 1 heterocycles. The normalized spacial score (nSPS) is 18.2. The minimum Gasteiger partial charge on any atom is -0.330 e. The fraction of sp³-hybridized carbons (Fsp3) is 0.385. The quantitative estimate of drug-likeness (QED) is 0.839. The molecule has 1 saturated carbocycles. The van der Waals surface area contributed by atoms with Crippen LogP contribution in [0.5, 0.6) is 0 Å². The fourth-order valence-electron chi connectivity index (χ4n) is 2.20. The van der Waals surface area contributed by atoms with E-state index in [0.717, 1.165) is 6.54 Å². The van der Waals surface area contributed by atoms with Crippen LogP contribution >= 0.6 is 11.3 Å². The van der Waals surface area contributed by atoms with Crippen LogP contribution in [0.4, 0.5) is 0 Å². The van der Waals surface area contributed by atoms with E-state index in [1.807, 2.05) is 11.3 Å². The minimum atomic E-state index is 0.448. The monoisotopic (exact) mass is 217 g/mol. The Balaban J connectivity index is 1.98. The van der Waals surface area contributed by atoms with E-state index in [4.69, 9.17) is 5.73 Å². The molecule has 0 bridgehead atoms. The number of rotatable bonds is 3. The molecule has 0 saturated heterocycles. The number of thiophene rings is 1. The van der Waals surface area contributed by atoms with Crippen molar-refractivity contribution in [3.05, 3.63) is 35.2 Å². The first-order valence-corrected chi connectivity index (χ1v) is 6.36. The molecule has 15 heavy (non-hydrogen) atoms. The summed E-state index contributed by atoms with van der Waals surface area (Å²) in [7, 11) is 0. The first-order chi connectivity index (χ1) is 7.33. The highest BCUT2D eigenvalue weighted by atomic mass is 32.1. The second kappa shape index (κ2) is 3.32. The maximum absolute atomic E-state index is 5.83. The SMILES string of the molecule is NCC1(Cc2csc3ccccc23)CC1. The molecule has 0 radical (unpaired) electrons. The molecule has 1 aliphatic carbocycles. The van der Waals surface area contributed by atoms with E-state index in [1.165, 1.54) is 34.9 Å². The zero-order valence-corrected chi connectivity index (χ0v) is 9.52. The van der Waals surface area contributed by atoms with Gasteiger partial charge in [0.15, 0.2) is 0 Å². The summed E-state index contributed by atoms with van der Waals surface area (Å²) < 4.78 is 1.40. The lowest BCUT2D eigenvalue weighted by Crippen LogP contribution is -2.17. The maximum Gasteiger partial charge on any atom is 0.0345 e. The summed E-state index contributed by atoms with van der Waals surface area (Å²) in [5, 5.41) is 3.74. The second-order valence-electron chi connectivity index (χ2n) is 4.64. The van der Waals surface area contributed by atoms with Crippen molar-refractivity contribution >= 4 is 21.4 Å². The summed E-state index contributed by atoms with van der Waals surface area (Å²) in [4.78, 5) is 0. The van der Waals surface area contributed by atoms with Crippen molar-refractivity contribution in [1.82, 2.24) is 0 Å². The third-order valence-corrected chi connectivity index (χ3v) is 4.53. The van der Waals surface area contributed by atoms with Crippen molar-refractivity contribution in [1.29, 1.82) is 0 Å². The van der Waals surface area contributed by atoms with Crippen LogP contribution in [0.3, 0.4) is 0 Å². The summed E-state index contributed by atoms with van der Waals surface area (Å²) in [5.74, 6) is 0. The van der Waals surface area contributed by atoms with Crippen LogP contribution in [0.1, 0.15) is 18.4 Å². The lowest BCUT2D eigenvalue weighted by Gasteiger charge is -2.10. The first kappa shape index (κ1) is 9.37. The maximum atomic E-state index is 5.83. The highest BCUT2D eigenvalue weighted by Gasteiger charge is 2.41. The fourth-order valence-corrected chi connectivity index (χ4v) is 3.17. The molecule has 78 valence electrons. The molecule has 1 aromatic carbocycles. The topological polar surface area (TPSA) is 26.0 Å². The third-order valence-electron chi connectivity index (χ3n) is 3.52. The Morgan fingerprint density at radius 2 is 2.07 bits per heavy atom. The van der Waals surface area contributed by atoms with E-state index >= 15 is 0 Å². The Morgan fingerprint density at radius 3 is 2.80 bits per heavy atom. The standard InChI is InChI=1S/C13H15NS/c14-9-13(5-6-13)7-10-8-15-12-4-2-1-3-11(10)12/h1-4,8H,5-7,9,14H2. The van der Waals surface area contributed by atoms with Crippen LogP contribution in [-0.4, -0.2) is 6.54 Å². The molecule has 0 spiro atoms. The van der Waals surface area contributed by atoms with Gasteiger partial charge in [0, 0.05) is 4.70 Å². The number of nitrogens with two attached hydrogens (primary N) is 1. The molecule has 2 N–H and O–H groups in total. The average molecular weight is 217 g/mol. The zero-order chi connectivity index (χ0) is 10.3. The van der Waals surface area contributed by atoms with Gasteiger partial charge in [-0.2, -0.15) is 0 Å². The Kier molecular flexibility index (Phi) is 2.08. The Bertz CT molecular complexity index is 482. The van der Waals surface area contributed by atoms with Gasteiger partial charge in [0.2, 0.25) is 0 Å². The number of hydrogen-bond acceptors (Lipinski definition) is 2. The average Bonchev–Trinajstić information content (AvgIpc) is 2.95. The Hall–Kier alpha value is -0.860. The van der Waals surface area contributed by atoms with Crippen molar-refractivity contribution in [2.45, 2.75) is 19.3 Å². The molecule has 2 heteroatoms. The van der Waals surface area contributed by atoms with Gasteiger partial charge in [-0.05, 0) is 53.6 Å². The highest BCUT2D eigenvalue weighted by Crippen LogP contribution is 2.48. The van der Waals surface area contributed by atoms with Crippen molar-refractivity contribution in [3.8, 4) is 0 Å². The number of fused-ring (bicyclic) bond motifs is 1. The summed E-state index contributed by atoms with van der Waals surface area (Å²) in [5.41, 5.74) is 7.78. The molecule has 3 rings (SSSR count). The van der Waals surface area contributed by atoms with Gasteiger partial charge in [-0.25, -0.2) is 0 Å².